The molecule has 0 unspecified atom stereocenters. The molecule has 5 heteroatoms. The fourth-order valence-corrected chi connectivity index (χ4v) is 0.645. The van der Waals surface area contributed by atoms with Crippen LogP contribution in [0.15, 0.2) is 12.3 Å². The van der Waals surface area contributed by atoms with Gasteiger partial charge in [0.25, 0.3) is 0 Å². The van der Waals surface area contributed by atoms with Crippen molar-refractivity contribution >= 4 is 17.4 Å². The quantitative estimate of drug-likeness (QED) is 0.480. The second-order valence-electron chi connectivity index (χ2n) is 1.63. The van der Waals surface area contributed by atoms with E-state index in [1.165, 1.54) is 6.07 Å². The van der Waals surface area contributed by atoms with Gasteiger partial charge in [0.05, 0.1) is 11.2 Å². The van der Waals surface area contributed by atoms with E-state index in [1.807, 2.05) is 0 Å². The lowest BCUT2D eigenvalue weighted by molar-refractivity contribution is 0.622. The Balaban J connectivity index is 3.04. The predicted molar refractivity (Wildman–Crippen MR) is 37.0 cm³/mol. The molecule has 3 N–H and O–H groups in total. The highest BCUT2D eigenvalue weighted by Crippen LogP contribution is 2.15. The van der Waals surface area contributed by atoms with Gasteiger partial charge in [0, 0.05) is 6.07 Å². The van der Waals surface area contributed by atoms with Crippen molar-refractivity contribution in [3.63, 3.8) is 0 Å². The maximum atomic E-state index is 12.4. The van der Waals surface area contributed by atoms with Crippen molar-refractivity contribution in [3.8, 4) is 0 Å². The largest absolute Gasteiger partial charge is 0.308 e. The molecule has 1 heterocycles. The van der Waals surface area contributed by atoms with E-state index in [0.717, 1.165) is 6.20 Å². The lowest BCUT2D eigenvalue weighted by Crippen LogP contribution is -2.08. The van der Waals surface area contributed by atoms with Gasteiger partial charge in [0.15, 0.2) is 5.82 Å². The number of pyridine rings is 1. The zero-order valence-electron chi connectivity index (χ0n) is 4.94. The third-order valence-electron chi connectivity index (χ3n) is 0.956. The molecule has 10 heavy (non-hydrogen) atoms. The standard InChI is InChI=1S/C5H5ClFN3/c6-3-1-5(10-8)9-2-4(3)7/h1-2H,8H2,(H,9,10). The molecule has 1 rings (SSSR count). The van der Waals surface area contributed by atoms with Gasteiger partial charge < -0.3 is 5.43 Å². The first kappa shape index (κ1) is 7.24. The SMILES string of the molecule is NNc1cc(Cl)c(F)cn1. The lowest BCUT2D eigenvalue weighted by atomic mass is 10.4. The maximum absolute atomic E-state index is 12.4. The maximum Gasteiger partial charge on any atom is 0.160 e. The first-order valence-corrected chi connectivity index (χ1v) is 2.89. The Hall–Kier alpha value is -0.870. The van der Waals surface area contributed by atoms with Crippen LogP contribution in [0.3, 0.4) is 0 Å². The van der Waals surface area contributed by atoms with E-state index in [9.17, 15) is 4.39 Å². The zero-order valence-corrected chi connectivity index (χ0v) is 5.69. The van der Waals surface area contributed by atoms with Crippen LogP contribution in [0, 0.1) is 5.82 Å². The van der Waals surface area contributed by atoms with Crippen LogP contribution in [0.2, 0.25) is 5.02 Å². The van der Waals surface area contributed by atoms with Crippen molar-refractivity contribution in [1.82, 2.24) is 4.98 Å². The van der Waals surface area contributed by atoms with Gasteiger partial charge >= 0.3 is 0 Å². The fourth-order valence-electron chi connectivity index (χ4n) is 0.493. The summed E-state index contributed by atoms with van der Waals surface area (Å²) in [6, 6.07) is 1.30. The van der Waals surface area contributed by atoms with Crippen LogP contribution in [0.25, 0.3) is 0 Å². The molecule has 0 aliphatic carbocycles. The summed E-state index contributed by atoms with van der Waals surface area (Å²) in [6.07, 6.45) is 0.998. The molecular formula is C5H5ClFN3. The molecular weight excluding hydrogens is 157 g/mol. The van der Waals surface area contributed by atoms with Crippen LogP contribution in [-0.4, -0.2) is 4.98 Å². The highest BCUT2D eigenvalue weighted by atomic mass is 35.5. The van der Waals surface area contributed by atoms with Gasteiger partial charge in [-0.15, -0.1) is 0 Å². The smallest absolute Gasteiger partial charge is 0.160 e. The number of hydrogen-bond acceptors (Lipinski definition) is 3. The molecule has 0 spiro atoms. The molecule has 0 fully saturated rings. The van der Waals surface area contributed by atoms with E-state index in [4.69, 9.17) is 17.4 Å². The molecule has 0 saturated heterocycles. The van der Waals surface area contributed by atoms with Gasteiger partial charge in [-0.2, -0.15) is 0 Å². The van der Waals surface area contributed by atoms with E-state index >= 15 is 0 Å². The van der Waals surface area contributed by atoms with Gasteiger partial charge in [-0.1, -0.05) is 11.6 Å². The molecule has 0 aliphatic heterocycles. The number of hydrogen-bond donors (Lipinski definition) is 2. The third kappa shape index (κ3) is 1.34. The van der Waals surface area contributed by atoms with Crippen LogP contribution in [-0.2, 0) is 0 Å². The minimum absolute atomic E-state index is 0.00273. The van der Waals surface area contributed by atoms with E-state index in [0.29, 0.717) is 5.82 Å². The summed E-state index contributed by atoms with van der Waals surface area (Å²) in [5, 5.41) is 0.00273. The van der Waals surface area contributed by atoms with Crippen LogP contribution in [0.5, 0.6) is 0 Å². The van der Waals surface area contributed by atoms with Crippen LogP contribution >= 0.6 is 11.6 Å². The summed E-state index contributed by atoms with van der Waals surface area (Å²) < 4.78 is 12.4. The molecule has 0 bridgehead atoms. The second kappa shape index (κ2) is 2.81. The van der Waals surface area contributed by atoms with Gasteiger partial charge in [-0.25, -0.2) is 15.2 Å². The lowest BCUT2D eigenvalue weighted by Gasteiger charge is -1.97. The second-order valence-corrected chi connectivity index (χ2v) is 2.04. The van der Waals surface area contributed by atoms with E-state index in [2.05, 4.69) is 10.4 Å². The van der Waals surface area contributed by atoms with Crippen molar-refractivity contribution in [3.05, 3.63) is 23.1 Å². The van der Waals surface area contributed by atoms with Crippen molar-refractivity contribution in [1.29, 1.82) is 0 Å². The minimum atomic E-state index is -0.555. The van der Waals surface area contributed by atoms with Gasteiger partial charge in [0.1, 0.15) is 5.82 Å². The number of nitrogens with one attached hydrogen (secondary N) is 1. The summed E-state index contributed by atoms with van der Waals surface area (Å²) in [6.45, 7) is 0. The number of halogens is 2. The summed E-state index contributed by atoms with van der Waals surface area (Å²) in [5.41, 5.74) is 2.23. The molecule has 3 nitrogen and oxygen atoms in total. The van der Waals surface area contributed by atoms with Gasteiger partial charge in [0.2, 0.25) is 0 Å². The first-order chi connectivity index (χ1) is 4.74. The van der Waals surface area contributed by atoms with Crippen molar-refractivity contribution < 1.29 is 4.39 Å². The topological polar surface area (TPSA) is 50.9 Å². The molecule has 0 atom stereocenters. The van der Waals surface area contributed by atoms with Gasteiger partial charge in [-0.3, -0.25) is 0 Å². The highest BCUT2D eigenvalue weighted by Gasteiger charge is 1.99. The Morgan fingerprint density at radius 1 is 1.70 bits per heavy atom. The molecule has 54 valence electrons. The van der Waals surface area contributed by atoms with Gasteiger partial charge in [-0.05, 0) is 0 Å². The molecule has 0 radical (unpaired) electrons. The molecule has 0 amide bonds. The average Bonchev–Trinajstić information content (AvgIpc) is 1.95. The fraction of sp³-hybridized carbons (Fsp3) is 0. The molecule has 0 aliphatic rings. The van der Waals surface area contributed by atoms with E-state index < -0.39 is 5.82 Å². The summed E-state index contributed by atoms with van der Waals surface area (Å²) in [4.78, 5) is 3.56. The number of nitrogens with two attached hydrogens (primary N) is 1. The number of hydrazine groups is 1. The molecule has 1 aromatic heterocycles. The van der Waals surface area contributed by atoms with Crippen LogP contribution in [0.1, 0.15) is 0 Å². The number of nitrogens with zero attached hydrogens (tertiary/aromatic N) is 1. The van der Waals surface area contributed by atoms with Crippen molar-refractivity contribution in [2.75, 3.05) is 5.43 Å². The number of rotatable bonds is 1. The first-order valence-electron chi connectivity index (χ1n) is 2.51. The third-order valence-corrected chi connectivity index (χ3v) is 1.25. The molecule has 0 aromatic carbocycles. The Morgan fingerprint density at radius 3 is 2.90 bits per heavy atom. The molecule has 1 aromatic rings. The monoisotopic (exact) mass is 161 g/mol. The van der Waals surface area contributed by atoms with Crippen molar-refractivity contribution in [2.45, 2.75) is 0 Å². The molecule has 0 saturated carbocycles. The normalized spacial score (nSPS) is 9.50. The number of aromatic nitrogens is 1. The Kier molecular flexibility index (Phi) is 2.03. The average molecular weight is 162 g/mol. The summed E-state index contributed by atoms with van der Waals surface area (Å²) in [5.74, 6) is 4.76. The van der Waals surface area contributed by atoms with Crippen LogP contribution < -0.4 is 11.3 Å². The number of anilines is 1. The Bertz CT molecular complexity index is 240. The Morgan fingerprint density at radius 2 is 2.40 bits per heavy atom. The van der Waals surface area contributed by atoms with Crippen molar-refractivity contribution in [2.24, 2.45) is 5.84 Å². The van der Waals surface area contributed by atoms with E-state index in [1.54, 1.807) is 0 Å². The predicted octanol–water partition coefficient (Wildman–Crippen LogP) is 1.16. The Labute approximate surface area is 62.0 Å². The summed E-state index contributed by atoms with van der Waals surface area (Å²) >= 11 is 5.38. The van der Waals surface area contributed by atoms with Crippen LogP contribution in [0.4, 0.5) is 10.2 Å². The van der Waals surface area contributed by atoms with E-state index in [-0.39, 0.29) is 5.02 Å². The number of nitrogen functional groups attached to an aromatic ring is 1. The minimum Gasteiger partial charge on any atom is -0.308 e. The summed E-state index contributed by atoms with van der Waals surface area (Å²) in [7, 11) is 0. The zero-order chi connectivity index (χ0) is 7.56. The highest BCUT2D eigenvalue weighted by molar-refractivity contribution is 6.30.